The number of halogens is 1. The number of carbonyl (C=O) groups is 2. The molecule has 0 bridgehead atoms. The van der Waals surface area contributed by atoms with Crippen LogP contribution in [-0.2, 0) is 14.3 Å². The molecular weight excluding hydrogens is 232 g/mol. The lowest BCUT2D eigenvalue weighted by Crippen LogP contribution is -2.33. The fourth-order valence-corrected chi connectivity index (χ4v) is 0.918. The number of nitrogens with one attached hydrogen (secondary N) is 1. The van der Waals surface area contributed by atoms with Gasteiger partial charge in [-0.15, -0.1) is 12.4 Å². The summed E-state index contributed by atoms with van der Waals surface area (Å²) >= 11 is 0. The summed E-state index contributed by atoms with van der Waals surface area (Å²) in [5, 5.41) is 2.62. The average Bonchev–Trinajstić information content (AvgIpc) is 2.13. The first-order valence-corrected chi connectivity index (χ1v) is 5.14. The van der Waals surface area contributed by atoms with Crippen molar-refractivity contribution < 1.29 is 14.3 Å². The molecule has 0 heterocycles. The van der Waals surface area contributed by atoms with E-state index in [9.17, 15) is 9.59 Å². The maximum atomic E-state index is 11.3. The van der Waals surface area contributed by atoms with Crippen molar-refractivity contribution in [2.75, 3.05) is 13.1 Å². The van der Waals surface area contributed by atoms with Crippen LogP contribution >= 0.6 is 12.4 Å². The third kappa shape index (κ3) is 8.49. The third-order valence-electron chi connectivity index (χ3n) is 1.73. The molecule has 0 spiro atoms. The van der Waals surface area contributed by atoms with Gasteiger partial charge in [-0.25, -0.2) is 0 Å². The van der Waals surface area contributed by atoms with Crippen molar-refractivity contribution in [3.63, 3.8) is 0 Å². The van der Waals surface area contributed by atoms with Gasteiger partial charge in [-0.3, -0.25) is 9.59 Å². The lowest BCUT2D eigenvalue weighted by atomic mass is 10.2. The molecule has 0 aromatic rings. The highest BCUT2D eigenvalue weighted by atomic mass is 35.5. The Morgan fingerprint density at radius 3 is 2.31 bits per heavy atom. The minimum atomic E-state index is -0.325. The molecule has 0 saturated heterocycles. The fourth-order valence-electron chi connectivity index (χ4n) is 0.918. The van der Waals surface area contributed by atoms with Crippen molar-refractivity contribution in [2.45, 2.75) is 33.3 Å². The average molecular weight is 253 g/mol. The summed E-state index contributed by atoms with van der Waals surface area (Å²) in [7, 11) is 0. The first-order valence-electron chi connectivity index (χ1n) is 5.14. The van der Waals surface area contributed by atoms with Crippen molar-refractivity contribution in [1.29, 1.82) is 0 Å². The topological polar surface area (TPSA) is 81.4 Å². The van der Waals surface area contributed by atoms with Gasteiger partial charge in [-0.05, 0) is 13.8 Å². The Hall–Kier alpha value is -0.810. The standard InChI is InChI=1S/C10H20N2O3.ClH/c1-7(2)15-10(14)8(3)6-12-9(13)4-5-11;/h7-8H,4-6,11H2,1-3H3,(H,12,13);1H. The molecule has 3 N–H and O–H groups in total. The smallest absolute Gasteiger partial charge is 0.310 e. The molecule has 0 aromatic carbocycles. The molecule has 0 radical (unpaired) electrons. The second kappa shape index (κ2) is 9.42. The molecule has 96 valence electrons. The van der Waals surface area contributed by atoms with E-state index in [0.29, 0.717) is 13.1 Å². The van der Waals surface area contributed by atoms with Gasteiger partial charge in [0.25, 0.3) is 0 Å². The van der Waals surface area contributed by atoms with Crippen LogP contribution < -0.4 is 11.1 Å². The van der Waals surface area contributed by atoms with Gasteiger partial charge in [-0.2, -0.15) is 0 Å². The van der Waals surface area contributed by atoms with Crippen LogP contribution in [0.25, 0.3) is 0 Å². The van der Waals surface area contributed by atoms with E-state index in [0.717, 1.165) is 0 Å². The van der Waals surface area contributed by atoms with E-state index in [2.05, 4.69) is 5.32 Å². The van der Waals surface area contributed by atoms with Crippen molar-refractivity contribution in [2.24, 2.45) is 11.7 Å². The molecule has 5 nitrogen and oxygen atoms in total. The lowest BCUT2D eigenvalue weighted by molar-refractivity contribution is -0.151. The van der Waals surface area contributed by atoms with Crippen LogP contribution in [0.2, 0.25) is 0 Å². The van der Waals surface area contributed by atoms with Crippen molar-refractivity contribution >= 4 is 24.3 Å². The molecule has 16 heavy (non-hydrogen) atoms. The van der Waals surface area contributed by atoms with Gasteiger partial charge < -0.3 is 15.8 Å². The van der Waals surface area contributed by atoms with Crippen LogP contribution in [0.1, 0.15) is 27.2 Å². The SMILES string of the molecule is CC(C)OC(=O)C(C)CNC(=O)CCN.Cl. The zero-order valence-corrected chi connectivity index (χ0v) is 10.8. The molecule has 1 atom stereocenters. The minimum absolute atomic E-state index is 0. The van der Waals surface area contributed by atoms with E-state index < -0.39 is 0 Å². The number of carbonyl (C=O) groups excluding carboxylic acids is 2. The van der Waals surface area contributed by atoms with Crippen molar-refractivity contribution in [1.82, 2.24) is 5.32 Å². The summed E-state index contributed by atoms with van der Waals surface area (Å²) in [4.78, 5) is 22.4. The summed E-state index contributed by atoms with van der Waals surface area (Å²) in [5.41, 5.74) is 5.21. The van der Waals surface area contributed by atoms with E-state index >= 15 is 0 Å². The van der Waals surface area contributed by atoms with Gasteiger partial charge in [0, 0.05) is 19.5 Å². The summed E-state index contributed by atoms with van der Waals surface area (Å²) in [5.74, 6) is -0.756. The van der Waals surface area contributed by atoms with Gasteiger partial charge in [0.05, 0.1) is 12.0 Å². The molecule has 1 amide bonds. The molecule has 6 heteroatoms. The van der Waals surface area contributed by atoms with Crippen LogP contribution in [-0.4, -0.2) is 31.1 Å². The highest BCUT2D eigenvalue weighted by Gasteiger charge is 2.16. The molecular formula is C10H21ClN2O3. The molecule has 0 aliphatic rings. The Bertz CT molecular complexity index is 222. The second-order valence-corrected chi connectivity index (χ2v) is 3.73. The van der Waals surface area contributed by atoms with Gasteiger partial charge in [-0.1, -0.05) is 6.92 Å². The Morgan fingerprint density at radius 1 is 1.31 bits per heavy atom. The fraction of sp³-hybridized carbons (Fsp3) is 0.800. The Morgan fingerprint density at radius 2 is 1.88 bits per heavy atom. The maximum Gasteiger partial charge on any atom is 0.310 e. The maximum absolute atomic E-state index is 11.3. The Balaban J connectivity index is 0. The van der Waals surface area contributed by atoms with Crippen LogP contribution in [0.3, 0.4) is 0 Å². The third-order valence-corrected chi connectivity index (χ3v) is 1.73. The highest BCUT2D eigenvalue weighted by Crippen LogP contribution is 2.00. The van der Waals surface area contributed by atoms with E-state index in [1.165, 1.54) is 0 Å². The zero-order valence-electron chi connectivity index (χ0n) is 9.99. The number of hydrogen-bond donors (Lipinski definition) is 2. The lowest BCUT2D eigenvalue weighted by Gasteiger charge is -2.14. The second-order valence-electron chi connectivity index (χ2n) is 3.73. The summed E-state index contributed by atoms with van der Waals surface area (Å²) in [6.07, 6.45) is 0.158. The largest absolute Gasteiger partial charge is 0.463 e. The molecule has 0 fully saturated rings. The molecule has 0 aliphatic heterocycles. The monoisotopic (exact) mass is 252 g/mol. The van der Waals surface area contributed by atoms with Crippen LogP contribution in [0.5, 0.6) is 0 Å². The van der Waals surface area contributed by atoms with Gasteiger partial charge in [0.2, 0.25) is 5.91 Å². The van der Waals surface area contributed by atoms with Gasteiger partial charge in [0.1, 0.15) is 0 Å². The number of ether oxygens (including phenoxy) is 1. The molecule has 1 unspecified atom stereocenters. The summed E-state index contributed by atoms with van der Waals surface area (Å²) < 4.78 is 4.99. The predicted octanol–water partition coefficient (Wildman–Crippen LogP) is 0.461. The number of esters is 1. The van der Waals surface area contributed by atoms with Crippen LogP contribution in [0.4, 0.5) is 0 Å². The molecule has 0 aliphatic carbocycles. The Kier molecular flexibility index (Phi) is 10.3. The number of hydrogen-bond acceptors (Lipinski definition) is 4. The zero-order chi connectivity index (χ0) is 11.8. The number of amides is 1. The minimum Gasteiger partial charge on any atom is -0.463 e. The summed E-state index contributed by atoms with van der Waals surface area (Å²) in [6.45, 7) is 5.91. The first-order chi connectivity index (χ1) is 6.97. The van der Waals surface area contributed by atoms with E-state index in [4.69, 9.17) is 10.5 Å². The normalized spacial score (nSPS) is 11.6. The highest BCUT2D eigenvalue weighted by molar-refractivity contribution is 5.85. The van der Waals surface area contributed by atoms with Crippen molar-refractivity contribution in [3.8, 4) is 0 Å². The van der Waals surface area contributed by atoms with Crippen molar-refractivity contribution in [3.05, 3.63) is 0 Å². The summed E-state index contributed by atoms with van der Waals surface area (Å²) in [6, 6.07) is 0. The van der Waals surface area contributed by atoms with E-state index in [1.54, 1.807) is 20.8 Å². The van der Waals surface area contributed by atoms with Gasteiger partial charge >= 0.3 is 5.97 Å². The van der Waals surface area contributed by atoms with Crippen LogP contribution in [0.15, 0.2) is 0 Å². The quantitative estimate of drug-likeness (QED) is 0.673. The molecule has 0 aromatic heterocycles. The molecule has 0 saturated carbocycles. The number of nitrogens with two attached hydrogens (primary N) is 1. The molecule has 0 rings (SSSR count). The Labute approximate surface area is 103 Å². The first kappa shape index (κ1) is 17.6. The number of rotatable bonds is 6. The van der Waals surface area contributed by atoms with Crippen LogP contribution in [0, 0.1) is 5.92 Å². The van der Waals surface area contributed by atoms with Gasteiger partial charge in [0.15, 0.2) is 0 Å². The van der Waals surface area contributed by atoms with E-state index in [-0.39, 0.29) is 42.7 Å². The van der Waals surface area contributed by atoms with E-state index in [1.807, 2.05) is 0 Å². The predicted molar refractivity (Wildman–Crippen MR) is 64.3 cm³/mol.